The highest BCUT2D eigenvalue weighted by molar-refractivity contribution is 5.57. The minimum atomic E-state index is -0.421. The molecule has 0 radical (unpaired) electrons. The maximum absolute atomic E-state index is 10.6. The Morgan fingerprint density at radius 2 is 1.83 bits per heavy atom. The minimum absolute atomic E-state index is 0.0683. The average Bonchev–Trinajstić information content (AvgIpc) is 2.39. The van der Waals surface area contributed by atoms with E-state index in [-0.39, 0.29) is 5.69 Å². The Hall–Kier alpha value is -2.30. The second-order valence-corrected chi connectivity index (χ2v) is 4.26. The Morgan fingerprint density at radius 3 is 2.39 bits per heavy atom. The van der Waals surface area contributed by atoms with E-state index in [1.165, 1.54) is 12.1 Å². The van der Waals surface area contributed by atoms with E-state index in [0.29, 0.717) is 11.7 Å². The standard InChI is InChI=1S/C13H13N3O2/c1-9(2)12-7-8-14-13(15-12)10-3-5-11(6-4-10)16(17)18/h3-9H,1-2H3. The Kier molecular flexibility index (Phi) is 3.32. The number of nitrogens with zero attached hydrogens (tertiary/aromatic N) is 3. The van der Waals surface area contributed by atoms with Crippen molar-refractivity contribution in [2.45, 2.75) is 19.8 Å². The number of rotatable bonds is 3. The van der Waals surface area contributed by atoms with Crippen LogP contribution in [0.15, 0.2) is 36.5 Å². The smallest absolute Gasteiger partial charge is 0.258 e. The molecule has 0 aliphatic rings. The summed E-state index contributed by atoms with van der Waals surface area (Å²) in [7, 11) is 0. The van der Waals surface area contributed by atoms with Crippen molar-refractivity contribution in [3.8, 4) is 11.4 Å². The van der Waals surface area contributed by atoms with Crippen LogP contribution in [0.25, 0.3) is 11.4 Å². The van der Waals surface area contributed by atoms with Crippen LogP contribution in [0, 0.1) is 10.1 Å². The van der Waals surface area contributed by atoms with Crippen LogP contribution < -0.4 is 0 Å². The van der Waals surface area contributed by atoms with Crippen molar-refractivity contribution in [1.82, 2.24) is 9.97 Å². The number of nitro groups is 1. The van der Waals surface area contributed by atoms with E-state index in [1.54, 1.807) is 18.3 Å². The Balaban J connectivity index is 2.36. The van der Waals surface area contributed by atoms with Crippen molar-refractivity contribution in [3.05, 3.63) is 52.3 Å². The summed E-state index contributed by atoms with van der Waals surface area (Å²) in [6.45, 7) is 4.11. The molecule has 5 nitrogen and oxygen atoms in total. The molecule has 0 unspecified atom stereocenters. The van der Waals surface area contributed by atoms with Gasteiger partial charge in [-0.2, -0.15) is 0 Å². The van der Waals surface area contributed by atoms with E-state index in [0.717, 1.165) is 11.3 Å². The fourth-order valence-corrected chi connectivity index (χ4v) is 1.57. The molecule has 18 heavy (non-hydrogen) atoms. The molecule has 0 spiro atoms. The predicted molar refractivity (Wildman–Crippen MR) is 68.2 cm³/mol. The lowest BCUT2D eigenvalue weighted by atomic mass is 10.1. The fraction of sp³-hybridized carbons (Fsp3) is 0.231. The van der Waals surface area contributed by atoms with Crippen molar-refractivity contribution in [1.29, 1.82) is 0 Å². The lowest BCUT2D eigenvalue weighted by Crippen LogP contribution is -1.96. The normalized spacial score (nSPS) is 10.6. The van der Waals surface area contributed by atoms with Gasteiger partial charge in [0.1, 0.15) is 0 Å². The lowest BCUT2D eigenvalue weighted by molar-refractivity contribution is -0.384. The second kappa shape index (κ2) is 4.91. The first kappa shape index (κ1) is 12.2. The number of hydrogen-bond acceptors (Lipinski definition) is 4. The van der Waals surface area contributed by atoms with E-state index in [2.05, 4.69) is 23.8 Å². The van der Waals surface area contributed by atoms with Gasteiger partial charge in [0.2, 0.25) is 0 Å². The molecule has 1 aromatic carbocycles. The van der Waals surface area contributed by atoms with Gasteiger partial charge in [0.15, 0.2) is 5.82 Å². The first-order chi connectivity index (χ1) is 8.58. The van der Waals surface area contributed by atoms with Gasteiger partial charge >= 0.3 is 0 Å². The molecule has 0 saturated carbocycles. The molecule has 2 rings (SSSR count). The van der Waals surface area contributed by atoms with Gasteiger partial charge in [0.05, 0.1) is 4.92 Å². The highest BCUT2D eigenvalue weighted by Gasteiger charge is 2.08. The molecular formula is C13H13N3O2. The fourth-order valence-electron chi connectivity index (χ4n) is 1.57. The van der Waals surface area contributed by atoms with E-state index < -0.39 is 4.92 Å². The summed E-state index contributed by atoms with van der Waals surface area (Å²) in [4.78, 5) is 18.8. The molecule has 0 atom stereocenters. The van der Waals surface area contributed by atoms with E-state index in [4.69, 9.17) is 0 Å². The summed E-state index contributed by atoms with van der Waals surface area (Å²) in [6, 6.07) is 8.12. The highest BCUT2D eigenvalue weighted by atomic mass is 16.6. The Morgan fingerprint density at radius 1 is 1.17 bits per heavy atom. The number of nitro benzene ring substituents is 1. The average molecular weight is 243 g/mol. The molecule has 2 aromatic rings. The molecule has 0 bridgehead atoms. The molecule has 0 aliphatic carbocycles. The number of aromatic nitrogens is 2. The van der Waals surface area contributed by atoms with Crippen molar-refractivity contribution < 1.29 is 4.92 Å². The highest BCUT2D eigenvalue weighted by Crippen LogP contribution is 2.20. The van der Waals surface area contributed by atoms with Crippen molar-refractivity contribution in [2.24, 2.45) is 0 Å². The largest absolute Gasteiger partial charge is 0.269 e. The maximum atomic E-state index is 10.6. The van der Waals surface area contributed by atoms with Crippen molar-refractivity contribution in [3.63, 3.8) is 0 Å². The van der Waals surface area contributed by atoms with E-state index >= 15 is 0 Å². The van der Waals surface area contributed by atoms with Crippen molar-refractivity contribution in [2.75, 3.05) is 0 Å². The van der Waals surface area contributed by atoms with E-state index in [9.17, 15) is 10.1 Å². The molecular weight excluding hydrogens is 230 g/mol. The summed E-state index contributed by atoms with van der Waals surface area (Å²) in [6.07, 6.45) is 1.71. The zero-order valence-corrected chi connectivity index (χ0v) is 10.2. The molecule has 0 fully saturated rings. The molecule has 0 N–H and O–H groups in total. The van der Waals surface area contributed by atoms with Crippen LogP contribution in [-0.2, 0) is 0 Å². The van der Waals surface area contributed by atoms with Gasteiger partial charge in [-0.3, -0.25) is 10.1 Å². The zero-order valence-electron chi connectivity index (χ0n) is 10.2. The SMILES string of the molecule is CC(C)c1ccnc(-c2ccc([N+](=O)[O-])cc2)n1. The first-order valence-corrected chi connectivity index (χ1v) is 5.65. The van der Waals surface area contributed by atoms with Gasteiger partial charge < -0.3 is 0 Å². The van der Waals surface area contributed by atoms with Gasteiger partial charge in [-0.05, 0) is 24.1 Å². The van der Waals surface area contributed by atoms with Crippen LogP contribution in [0.5, 0.6) is 0 Å². The molecule has 0 saturated heterocycles. The molecule has 1 aromatic heterocycles. The monoisotopic (exact) mass is 243 g/mol. The quantitative estimate of drug-likeness (QED) is 0.613. The summed E-state index contributed by atoms with van der Waals surface area (Å²) in [5.74, 6) is 0.917. The van der Waals surface area contributed by atoms with Gasteiger partial charge in [-0.25, -0.2) is 9.97 Å². The van der Waals surface area contributed by atoms with Gasteiger partial charge in [0, 0.05) is 29.6 Å². The lowest BCUT2D eigenvalue weighted by Gasteiger charge is -2.06. The first-order valence-electron chi connectivity index (χ1n) is 5.65. The second-order valence-electron chi connectivity index (χ2n) is 4.26. The Labute approximate surface area is 105 Å². The van der Waals surface area contributed by atoms with Gasteiger partial charge in [0.25, 0.3) is 5.69 Å². The van der Waals surface area contributed by atoms with Crippen LogP contribution in [0.2, 0.25) is 0 Å². The van der Waals surface area contributed by atoms with Gasteiger partial charge in [-0.15, -0.1) is 0 Å². The number of non-ortho nitro benzene ring substituents is 1. The molecule has 1 heterocycles. The predicted octanol–water partition coefficient (Wildman–Crippen LogP) is 3.18. The van der Waals surface area contributed by atoms with Crippen LogP contribution >= 0.6 is 0 Å². The molecule has 0 aliphatic heterocycles. The Bertz CT molecular complexity index is 565. The zero-order chi connectivity index (χ0) is 13.1. The van der Waals surface area contributed by atoms with Crippen LogP contribution in [0.3, 0.4) is 0 Å². The topological polar surface area (TPSA) is 68.9 Å². The van der Waals surface area contributed by atoms with Crippen molar-refractivity contribution >= 4 is 5.69 Å². The summed E-state index contributed by atoms with van der Waals surface area (Å²) < 4.78 is 0. The van der Waals surface area contributed by atoms with Crippen LogP contribution in [-0.4, -0.2) is 14.9 Å². The third-order valence-electron chi connectivity index (χ3n) is 2.60. The van der Waals surface area contributed by atoms with E-state index in [1.807, 2.05) is 6.07 Å². The third-order valence-corrected chi connectivity index (χ3v) is 2.60. The summed E-state index contributed by atoms with van der Waals surface area (Å²) in [5.41, 5.74) is 1.81. The summed E-state index contributed by atoms with van der Waals surface area (Å²) >= 11 is 0. The maximum Gasteiger partial charge on any atom is 0.269 e. The third kappa shape index (κ3) is 2.51. The number of benzene rings is 1. The number of hydrogen-bond donors (Lipinski definition) is 0. The van der Waals surface area contributed by atoms with Crippen LogP contribution in [0.4, 0.5) is 5.69 Å². The summed E-state index contributed by atoms with van der Waals surface area (Å²) in [5, 5.41) is 10.6. The minimum Gasteiger partial charge on any atom is -0.258 e. The van der Waals surface area contributed by atoms with Gasteiger partial charge in [-0.1, -0.05) is 13.8 Å². The van der Waals surface area contributed by atoms with Crippen LogP contribution in [0.1, 0.15) is 25.5 Å². The molecule has 5 heteroatoms. The molecule has 92 valence electrons. The molecule has 0 amide bonds.